The van der Waals surface area contributed by atoms with E-state index in [0.29, 0.717) is 39.1 Å². The third-order valence-electron chi connectivity index (χ3n) is 3.65. The van der Waals surface area contributed by atoms with Gasteiger partial charge in [0.05, 0.1) is 18.9 Å². The number of rotatable bonds is 5. The van der Waals surface area contributed by atoms with Crippen LogP contribution in [-0.2, 0) is 26.1 Å². The molecule has 1 aliphatic heterocycles. The molecule has 0 N–H and O–H groups in total. The second-order valence-corrected chi connectivity index (χ2v) is 6.86. The lowest BCUT2D eigenvalue weighted by Crippen LogP contribution is -2.40. The molecule has 1 saturated heterocycles. The van der Waals surface area contributed by atoms with Crippen LogP contribution in [0.25, 0.3) is 0 Å². The van der Waals surface area contributed by atoms with Crippen molar-refractivity contribution in [3.05, 3.63) is 12.5 Å². The van der Waals surface area contributed by atoms with Gasteiger partial charge in [-0.25, -0.2) is 13.4 Å². The fourth-order valence-electron chi connectivity index (χ4n) is 2.37. The fraction of sp³-hybridized carbons (Fsp3) is 0.692. The van der Waals surface area contributed by atoms with Gasteiger partial charge >= 0.3 is 5.97 Å². The number of piperidine rings is 1. The van der Waals surface area contributed by atoms with Gasteiger partial charge in [0.1, 0.15) is 0 Å². The van der Waals surface area contributed by atoms with E-state index in [4.69, 9.17) is 4.74 Å². The van der Waals surface area contributed by atoms with Gasteiger partial charge in [0.2, 0.25) is 0 Å². The Labute approximate surface area is 125 Å². The van der Waals surface area contributed by atoms with E-state index in [1.165, 1.54) is 16.8 Å². The molecule has 1 fully saturated rings. The van der Waals surface area contributed by atoms with E-state index in [1.54, 1.807) is 11.5 Å². The number of hydrogen-bond acceptors (Lipinski definition) is 5. The lowest BCUT2D eigenvalue weighted by atomic mass is 9.98. The van der Waals surface area contributed by atoms with E-state index < -0.39 is 10.0 Å². The van der Waals surface area contributed by atoms with Gasteiger partial charge in [-0.3, -0.25) is 4.79 Å². The van der Waals surface area contributed by atoms with Crippen LogP contribution < -0.4 is 0 Å². The number of esters is 1. The second kappa shape index (κ2) is 6.57. The summed E-state index contributed by atoms with van der Waals surface area (Å²) in [7, 11) is -3.56. The number of sulfonamides is 1. The number of ether oxygens (including phenoxy) is 1. The van der Waals surface area contributed by atoms with Gasteiger partial charge in [-0.1, -0.05) is 0 Å². The van der Waals surface area contributed by atoms with Crippen LogP contribution in [0.5, 0.6) is 0 Å². The maximum Gasteiger partial charge on any atom is 0.309 e. The minimum Gasteiger partial charge on any atom is -0.466 e. The summed E-state index contributed by atoms with van der Waals surface area (Å²) in [4.78, 5) is 15.6. The molecule has 1 aliphatic rings. The molecule has 0 aliphatic carbocycles. The van der Waals surface area contributed by atoms with Crippen LogP contribution in [-0.4, -0.2) is 47.9 Å². The van der Waals surface area contributed by atoms with E-state index in [2.05, 4.69) is 4.98 Å². The van der Waals surface area contributed by atoms with Crippen molar-refractivity contribution >= 4 is 16.0 Å². The molecule has 1 aromatic heterocycles. The van der Waals surface area contributed by atoms with E-state index in [0.717, 1.165) is 0 Å². The predicted octanol–water partition coefficient (Wildman–Crippen LogP) is 0.867. The van der Waals surface area contributed by atoms with Crippen LogP contribution in [0.1, 0.15) is 26.7 Å². The third kappa shape index (κ3) is 3.44. The molecule has 0 unspecified atom stereocenters. The number of hydrogen-bond donors (Lipinski definition) is 0. The molecular weight excluding hydrogens is 294 g/mol. The van der Waals surface area contributed by atoms with E-state index in [-0.39, 0.29) is 16.9 Å². The smallest absolute Gasteiger partial charge is 0.309 e. The lowest BCUT2D eigenvalue weighted by Gasteiger charge is -2.29. The molecule has 0 aromatic carbocycles. The van der Waals surface area contributed by atoms with E-state index in [9.17, 15) is 13.2 Å². The molecule has 8 heteroatoms. The van der Waals surface area contributed by atoms with Gasteiger partial charge in [-0.15, -0.1) is 0 Å². The SMILES string of the molecule is CCOC(=O)C1CCN(S(=O)(=O)c2cn(CC)cn2)CC1. The number of aromatic nitrogens is 2. The van der Waals surface area contributed by atoms with Crippen LogP contribution in [0.15, 0.2) is 17.6 Å². The zero-order valence-electron chi connectivity index (χ0n) is 12.4. The molecule has 7 nitrogen and oxygen atoms in total. The predicted molar refractivity (Wildman–Crippen MR) is 76.0 cm³/mol. The minimum absolute atomic E-state index is 0.0685. The molecule has 1 aromatic rings. The Kier molecular flexibility index (Phi) is 5.00. The molecule has 118 valence electrons. The van der Waals surface area contributed by atoms with Gasteiger partial charge in [0, 0.05) is 25.8 Å². The number of nitrogens with zero attached hydrogens (tertiary/aromatic N) is 3. The highest BCUT2D eigenvalue weighted by atomic mass is 32.2. The van der Waals surface area contributed by atoms with Crippen LogP contribution in [0.2, 0.25) is 0 Å². The summed E-state index contributed by atoms with van der Waals surface area (Å²) in [6, 6.07) is 0. The third-order valence-corrected chi connectivity index (χ3v) is 5.44. The molecule has 0 saturated carbocycles. The van der Waals surface area contributed by atoms with Crippen molar-refractivity contribution < 1.29 is 17.9 Å². The lowest BCUT2D eigenvalue weighted by molar-refractivity contribution is -0.149. The molecule has 2 rings (SSSR count). The maximum absolute atomic E-state index is 12.5. The fourth-order valence-corrected chi connectivity index (χ4v) is 3.77. The van der Waals surface area contributed by atoms with Crippen LogP contribution in [0.3, 0.4) is 0 Å². The van der Waals surface area contributed by atoms with Gasteiger partial charge < -0.3 is 9.30 Å². The van der Waals surface area contributed by atoms with Crippen LogP contribution >= 0.6 is 0 Å². The first-order valence-electron chi connectivity index (χ1n) is 7.17. The minimum atomic E-state index is -3.56. The molecule has 0 radical (unpaired) electrons. The topological polar surface area (TPSA) is 81.5 Å². The van der Waals surface area contributed by atoms with Gasteiger partial charge in [-0.2, -0.15) is 4.31 Å². The Bertz CT molecular complexity index is 588. The standard InChI is InChI=1S/C13H21N3O4S/c1-3-15-9-12(14-10-15)21(18,19)16-7-5-11(6-8-16)13(17)20-4-2/h9-11H,3-8H2,1-2H3. The number of carbonyl (C=O) groups excluding carboxylic acids is 1. The first kappa shape index (κ1) is 16.0. The zero-order valence-corrected chi connectivity index (χ0v) is 13.2. The van der Waals surface area contributed by atoms with Crippen molar-refractivity contribution in [2.45, 2.75) is 38.3 Å². The van der Waals surface area contributed by atoms with Crippen molar-refractivity contribution in [2.75, 3.05) is 19.7 Å². The first-order chi connectivity index (χ1) is 9.98. The van der Waals surface area contributed by atoms with Gasteiger partial charge in [0.25, 0.3) is 10.0 Å². The van der Waals surface area contributed by atoms with Crippen LogP contribution in [0.4, 0.5) is 0 Å². The molecular formula is C13H21N3O4S. The Morgan fingerprint density at radius 1 is 1.38 bits per heavy atom. The Morgan fingerprint density at radius 2 is 2.05 bits per heavy atom. The number of aryl methyl sites for hydroxylation is 1. The maximum atomic E-state index is 12.5. The normalized spacial score (nSPS) is 17.8. The average Bonchev–Trinajstić information content (AvgIpc) is 2.97. The highest BCUT2D eigenvalue weighted by molar-refractivity contribution is 7.89. The summed E-state index contributed by atoms with van der Waals surface area (Å²) in [6.07, 6.45) is 4.03. The summed E-state index contributed by atoms with van der Waals surface area (Å²) in [6.45, 7) is 5.36. The largest absolute Gasteiger partial charge is 0.466 e. The summed E-state index contributed by atoms with van der Waals surface area (Å²) >= 11 is 0. The molecule has 2 heterocycles. The monoisotopic (exact) mass is 315 g/mol. The molecule has 0 spiro atoms. The van der Waals surface area contributed by atoms with Gasteiger partial charge in [0.15, 0.2) is 5.03 Å². The summed E-state index contributed by atoms with van der Waals surface area (Å²) < 4.78 is 33.0. The first-order valence-corrected chi connectivity index (χ1v) is 8.61. The molecule has 21 heavy (non-hydrogen) atoms. The average molecular weight is 315 g/mol. The Hall–Kier alpha value is -1.41. The Balaban J connectivity index is 2.02. The summed E-state index contributed by atoms with van der Waals surface area (Å²) in [5, 5.41) is 0.0685. The van der Waals surface area contributed by atoms with Gasteiger partial charge in [-0.05, 0) is 26.7 Å². The van der Waals surface area contributed by atoms with E-state index >= 15 is 0 Å². The van der Waals surface area contributed by atoms with Crippen molar-refractivity contribution in [1.82, 2.24) is 13.9 Å². The summed E-state index contributed by atoms with van der Waals surface area (Å²) in [5.41, 5.74) is 0. The quantitative estimate of drug-likeness (QED) is 0.753. The number of imidazole rings is 1. The second-order valence-electron chi connectivity index (χ2n) is 4.97. The highest BCUT2D eigenvalue weighted by Gasteiger charge is 2.33. The molecule has 0 atom stereocenters. The van der Waals surface area contributed by atoms with Crippen molar-refractivity contribution in [3.63, 3.8) is 0 Å². The van der Waals surface area contributed by atoms with Crippen molar-refractivity contribution in [2.24, 2.45) is 5.92 Å². The van der Waals surface area contributed by atoms with Crippen LogP contribution in [0, 0.1) is 5.92 Å². The molecule has 0 amide bonds. The summed E-state index contributed by atoms with van der Waals surface area (Å²) in [5.74, 6) is -0.436. The molecule has 0 bridgehead atoms. The zero-order chi connectivity index (χ0) is 15.5. The van der Waals surface area contributed by atoms with Crippen molar-refractivity contribution in [3.8, 4) is 0 Å². The Morgan fingerprint density at radius 3 is 2.57 bits per heavy atom. The highest BCUT2D eigenvalue weighted by Crippen LogP contribution is 2.23. The van der Waals surface area contributed by atoms with E-state index in [1.807, 2.05) is 6.92 Å². The number of carbonyl (C=O) groups is 1. The van der Waals surface area contributed by atoms with Crippen molar-refractivity contribution in [1.29, 1.82) is 0 Å².